The van der Waals surface area contributed by atoms with Crippen LogP contribution in [-0.4, -0.2) is 13.2 Å². The summed E-state index contributed by atoms with van der Waals surface area (Å²) in [6.07, 6.45) is -0.475. The van der Waals surface area contributed by atoms with E-state index < -0.39 is 6.09 Å². The van der Waals surface area contributed by atoms with Gasteiger partial charge in [0.25, 0.3) is 0 Å². The first-order valence-corrected chi connectivity index (χ1v) is 2.17. The molecular weight excluding hydrogens is 106 g/mol. The number of nitrogens with one attached hydrogen (secondary N) is 1. The van der Waals surface area contributed by atoms with Crippen molar-refractivity contribution in [2.24, 2.45) is 0 Å². The van der Waals surface area contributed by atoms with E-state index in [4.69, 9.17) is 0 Å². The van der Waals surface area contributed by atoms with E-state index in [0.717, 1.165) is 0 Å². The first-order chi connectivity index (χ1) is 3.66. The molecule has 0 spiro atoms. The largest absolute Gasteiger partial charge is 0.453 e. The van der Waals surface area contributed by atoms with Gasteiger partial charge in [0.1, 0.15) is 0 Å². The Bertz CT molecular complexity index is 109. The second-order valence-electron chi connectivity index (χ2n) is 1.40. The Balaban J connectivity index is 3.40. The van der Waals surface area contributed by atoms with Gasteiger partial charge >= 0.3 is 6.09 Å². The molecule has 0 aromatic rings. The summed E-state index contributed by atoms with van der Waals surface area (Å²) in [7, 11) is 1.30. The quantitative estimate of drug-likeness (QED) is 0.550. The molecule has 1 amide bonds. The summed E-state index contributed by atoms with van der Waals surface area (Å²) in [5.41, 5.74) is 0.580. The minimum Gasteiger partial charge on any atom is -0.453 e. The minimum atomic E-state index is -0.475. The van der Waals surface area contributed by atoms with E-state index in [1.165, 1.54) is 7.11 Å². The van der Waals surface area contributed by atoms with Gasteiger partial charge in [0.15, 0.2) is 0 Å². The van der Waals surface area contributed by atoms with E-state index in [9.17, 15) is 4.79 Å². The average Bonchev–Trinajstić information content (AvgIpc) is 1.65. The lowest BCUT2D eigenvalue weighted by Crippen LogP contribution is -2.19. The summed E-state index contributed by atoms with van der Waals surface area (Å²) >= 11 is 0. The summed E-state index contributed by atoms with van der Waals surface area (Å²) in [6.45, 7) is 5.11. The molecule has 0 bridgehead atoms. The zero-order chi connectivity index (χ0) is 6.57. The number of allylic oxidation sites excluding steroid dienone is 1. The van der Waals surface area contributed by atoms with Crippen molar-refractivity contribution in [3.8, 4) is 0 Å². The fourth-order valence-corrected chi connectivity index (χ4v) is 0.225. The first kappa shape index (κ1) is 7.01. The molecule has 8 heavy (non-hydrogen) atoms. The van der Waals surface area contributed by atoms with Crippen molar-refractivity contribution in [3.05, 3.63) is 12.3 Å². The lowest BCUT2D eigenvalue weighted by molar-refractivity contribution is 0.174. The van der Waals surface area contributed by atoms with Crippen molar-refractivity contribution in [1.82, 2.24) is 5.32 Å². The Morgan fingerprint density at radius 2 is 2.25 bits per heavy atom. The fourth-order valence-electron chi connectivity index (χ4n) is 0.225. The van der Waals surface area contributed by atoms with Crippen molar-refractivity contribution in [2.75, 3.05) is 7.11 Å². The SMILES string of the molecule is C=C(C)NC(=O)OC. The van der Waals surface area contributed by atoms with Crippen molar-refractivity contribution in [2.45, 2.75) is 6.92 Å². The molecule has 0 aliphatic rings. The monoisotopic (exact) mass is 115 g/mol. The molecule has 0 saturated carbocycles. The first-order valence-electron chi connectivity index (χ1n) is 2.17. The van der Waals surface area contributed by atoms with E-state index >= 15 is 0 Å². The highest BCUT2D eigenvalue weighted by Gasteiger charge is 1.93. The molecule has 0 aliphatic heterocycles. The summed E-state index contributed by atoms with van der Waals surface area (Å²) in [4.78, 5) is 10.2. The molecular formula is C5H9NO2. The maximum Gasteiger partial charge on any atom is 0.411 e. The van der Waals surface area contributed by atoms with E-state index in [-0.39, 0.29) is 0 Å². The third-order valence-electron chi connectivity index (χ3n) is 0.501. The Morgan fingerprint density at radius 1 is 1.75 bits per heavy atom. The van der Waals surface area contributed by atoms with E-state index in [1.807, 2.05) is 0 Å². The van der Waals surface area contributed by atoms with Gasteiger partial charge in [0.2, 0.25) is 0 Å². The molecule has 0 aromatic carbocycles. The maximum absolute atomic E-state index is 10.2. The molecule has 0 heterocycles. The molecule has 0 unspecified atom stereocenters. The molecule has 0 fully saturated rings. The van der Waals surface area contributed by atoms with Crippen LogP contribution >= 0.6 is 0 Å². The summed E-state index contributed by atoms with van der Waals surface area (Å²) < 4.78 is 4.25. The molecule has 0 atom stereocenters. The van der Waals surface area contributed by atoms with Gasteiger partial charge in [-0.3, -0.25) is 5.32 Å². The van der Waals surface area contributed by atoms with Crippen molar-refractivity contribution in [1.29, 1.82) is 0 Å². The zero-order valence-corrected chi connectivity index (χ0v) is 5.02. The molecule has 46 valence electrons. The highest BCUT2D eigenvalue weighted by Crippen LogP contribution is 1.78. The second kappa shape index (κ2) is 3.07. The molecule has 1 N–H and O–H groups in total. The van der Waals surface area contributed by atoms with E-state index in [2.05, 4.69) is 16.6 Å². The number of carbonyl (C=O) groups is 1. The van der Waals surface area contributed by atoms with Crippen LogP contribution in [0.1, 0.15) is 6.92 Å². The highest BCUT2D eigenvalue weighted by molar-refractivity contribution is 5.68. The van der Waals surface area contributed by atoms with E-state index in [0.29, 0.717) is 5.70 Å². The smallest absolute Gasteiger partial charge is 0.411 e. The van der Waals surface area contributed by atoms with Crippen LogP contribution in [-0.2, 0) is 4.74 Å². The van der Waals surface area contributed by atoms with Crippen LogP contribution in [0.4, 0.5) is 4.79 Å². The second-order valence-corrected chi connectivity index (χ2v) is 1.40. The van der Waals surface area contributed by atoms with Gasteiger partial charge in [-0.1, -0.05) is 6.58 Å². The number of ether oxygens (including phenoxy) is 1. The van der Waals surface area contributed by atoms with Gasteiger partial charge in [0.05, 0.1) is 7.11 Å². The van der Waals surface area contributed by atoms with Crippen molar-refractivity contribution in [3.63, 3.8) is 0 Å². The standard InChI is InChI=1S/C5H9NO2/c1-4(2)6-5(7)8-3/h1H2,2-3H3,(H,6,7). The lowest BCUT2D eigenvalue weighted by atomic mass is 10.6. The predicted octanol–water partition coefficient (Wildman–Crippen LogP) is 0.876. The van der Waals surface area contributed by atoms with Crippen LogP contribution in [0.2, 0.25) is 0 Å². The lowest BCUT2D eigenvalue weighted by Gasteiger charge is -1.98. The van der Waals surface area contributed by atoms with Crippen LogP contribution in [0.15, 0.2) is 12.3 Å². The third-order valence-corrected chi connectivity index (χ3v) is 0.501. The zero-order valence-electron chi connectivity index (χ0n) is 5.02. The molecule has 3 heteroatoms. The molecule has 0 aliphatic carbocycles. The third kappa shape index (κ3) is 3.21. The Hall–Kier alpha value is -0.990. The summed E-state index contributed by atoms with van der Waals surface area (Å²) in [5.74, 6) is 0. The maximum atomic E-state index is 10.2. The number of rotatable bonds is 1. The van der Waals surface area contributed by atoms with Crippen LogP contribution in [0.3, 0.4) is 0 Å². The van der Waals surface area contributed by atoms with Crippen LogP contribution < -0.4 is 5.32 Å². The number of amides is 1. The van der Waals surface area contributed by atoms with E-state index in [1.54, 1.807) is 6.92 Å². The van der Waals surface area contributed by atoms with Gasteiger partial charge in [-0.05, 0) is 6.92 Å². The Labute approximate surface area is 48.3 Å². The Morgan fingerprint density at radius 3 is 2.38 bits per heavy atom. The topological polar surface area (TPSA) is 38.3 Å². The fraction of sp³-hybridized carbons (Fsp3) is 0.400. The van der Waals surface area contributed by atoms with Gasteiger partial charge in [-0.25, -0.2) is 4.79 Å². The van der Waals surface area contributed by atoms with Crippen LogP contribution in [0, 0.1) is 0 Å². The van der Waals surface area contributed by atoms with Gasteiger partial charge < -0.3 is 4.74 Å². The average molecular weight is 115 g/mol. The van der Waals surface area contributed by atoms with Gasteiger partial charge in [0, 0.05) is 5.70 Å². The summed E-state index contributed by atoms with van der Waals surface area (Å²) in [5, 5.41) is 2.34. The van der Waals surface area contributed by atoms with Crippen molar-refractivity contribution >= 4 is 6.09 Å². The molecule has 3 nitrogen and oxygen atoms in total. The predicted molar refractivity (Wildman–Crippen MR) is 30.4 cm³/mol. The van der Waals surface area contributed by atoms with Gasteiger partial charge in [-0.2, -0.15) is 0 Å². The number of carbonyl (C=O) groups excluding carboxylic acids is 1. The number of methoxy groups -OCH3 is 1. The number of hydrogen-bond donors (Lipinski definition) is 1. The number of hydrogen-bond acceptors (Lipinski definition) is 2. The van der Waals surface area contributed by atoms with Gasteiger partial charge in [-0.15, -0.1) is 0 Å². The normalized spacial score (nSPS) is 7.75. The highest BCUT2D eigenvalue weighted by atomic mass is 16.5. The minimum absolute atomic E-state index is 0.475. The van der Waals surface area contributed by atoms with Crippen LogP contribution in [0.5, 0.6) is 0 Å². The molecule has 0 saturated heterocycles. The molecule has 0 aromatic heterocycles. The molecule has 0 rings (SSSR count). The van der Waals surface area contributed by atoms with Crippen LogP contribution in [0.25, 0.3) is 0 Å². The Kier molecular flexibility index (Phi) is 2.69. The molecule has 0 radical (unpaired) electrons. The van der Waals surface area contributed by atoms with Crippen molar-refractivity contribution < 1.29 is 9.53 Å². The number of alkyl carbamates (subject to hydrolysis) is 1. The summed E-state index contributed by atoms with van der Waals surface area (Å²) in [6, 6.07) is 0.